The summed E-state index contributed by atoms with van der Waals surface area (Å²) in [5.41, 5.74) is 8.83. The number of benzene rings is 2. The van der Waals surface area contributed by atoms with Crippen molar-refractivity contribution in [1.82, 2.24) is 4.98 Å². The van der Waals surface area contributed by atoms with E-state index in [0.29, 0.717) is 17.2 Å². The van der Waals surface area contributed by atoms with E-state index in [1.54, 1.807) is 0 Å². The minimum Gasteiger partial charge on any atom is -0.434 e. The first-order valence-electron chi connectivity index (χ1n) is 5.25. The highest BCUT2D eigenvalue weighted by molar-refractivity contribution is 14.1. The molecule has 0 aliphatic rings. The summed E-state index contributed by atoms with van der Waals surface area (Å²) >= 11 is 5.66. The van der Waals surface area contributed by atoms with Crippen LogP contribution in [-0.2, 0) is 0 Å². The molecule has 5 heteroatoms. The normalized spacial score (nSPS) is 11.0. The lowest BCUT2D eigenvalue weighted by atomic mass is 10.2. The molecule has 0 radical (unpaired) electrons. The summed E-state index contributed by atoms with van der Waals surface area (Å²) < 4.78 is 7.79. The molecule has 18 heavy (non-hydrogen) atoms. The van der Waals surface area contributed by atoms with Crippen LogP contribution in [0.2, 0.25) is 0 Å². The van der Waals surface area contributed by atoms with Gasteiger partial charge in [0.15, 0.2) is 5.58 Å². The minimum atomic E-state index is 0.587. The molecule has 0 fully saturated rings. The van der Waals surface area contributed by atoms with Gasteiger partial charge in [-0.05, 0) is 59.0 Å². The highest BCUT2D eigenvalue weighted by Crippen LogP contribution is 2.30. The zero-order valence-electron chi connectivity index (χ0n) is 9.15. The number of hydrogen-bond donors (Lipinski definition) is 1. The maximum Gasteiger partial charge on any atom is 0.227 e. The standard InChI is InChI=1S/C13H8BrIN2O/c14-8-5-10(16)12-11(6-8)17-13(18-12)7-1-3-9(15)4-2-7/h1-6H,16H2. The van der Waals surface area contributed by atoms with Crippen LogP contribution in [0, 0.1) is 3.57 Å². The van der Waals surface area contributed by atoms with Crippen molar-refractivity contribution in [2.75, 3.05) is 5.73 Å². The number of nitrogens with zero attached hydrogens (tertiary/aromatic N) is 1. The van der Waals surface area contributed by atoms with Gasteiger partial charge in [-0.2, -0.15) is 0 Å². The van der Waals surface area contributed by atoms with Gasteiger partial charge in [0.2, 0.25) is 5.89 Å². The van der Waals surface area contributed by atoms with E-state index >= 15 is 0 Å². The van der Waals surface area contributed by atoms with Crippen LogP contribution in [0.25, 0.3) is 22.6 Å². The van der Waals surface area contributed by atoms with E-state index in [1.807, 2.05) is 36.4 Å². The summed E-state index contributed by atoms with van der Waals surface area (Å²) in [4.78, 5) is 4.46. The van der Waals surface area contributed by atoms with Gasteiger partial charge in [-0.3, -0.25) is 0 Å². The highest BCUT2D eigenvalue weighted by Gasteiger charge is 2.11. The van der Waals surface area contributed by atoms with Crippen LogP contribution in [0.5, 0.6) is 0 Å². The molecule has 0 aliphatic carbocycles. The molecular formula is C13H8BrIN2O. The third-order valence-electron chi connectivity index (χ3n) is 2.57. The molecule has 1 heterocycles. The van der Waals surface area contributed by atoms with Crippen LogP contribution in [-0.4, -0.2) is 4.98 Å². The number of hydrogen-bond acceptors (Lipinski definition) is 3. The Hall–Kier alpha value is -1.08. The van der Waals surface area contributed by atoms with Gasteiger partial charge in [0, 0.05) is 13.6 Å². The summed E-state index contributed by atoms with van der Waals surface area (Å²) in [6, 6.07) is 11.7. The Morgan fingerprint density at radius 3 is 2.61 bits per heavy atom. The molecule has 2 aromatic carbocycles. The number of aromatic nitrogens is 1. The van der Waals surface area contributed by atoms with E-state index in [1.165, 1.54) is 3.57 Å². The SMILES string of the molecule is Nc1cc(Br)cc2nc(-c3ccc(I)cc3)oc12. The molecule has 2 N–H and O–H groups in total. The second-order valence-electron chi connectivity index (χ2n) is 3.87. The second kappa shape index (κ2) is 4.55. The Morgan fingerprint density at radius 1 is 1.17 bits per heavy atom. The van der Waals surface area contributed by atoms with Crippen LogP contribution in [0.4, 0.5) is 5.69 Å². The lowest BCUT2D eigenvalue weighted by Gasteiger charge is -1.95. The van der Waals surface area contributed by atoms with Crippen molar-refractivity contribution in [3.63, 3.8) is 0 Å². The Bertz CT molecular complexity index is 722. The average molecular weight is 415 g/mol. The molecule has 0 saturated heterocycles. The second-order valence-corrected chi connectivity index (χ2v) is 6.03. The van der Waals surface area contributed by atoms with Crippen LogP contribution < -0.4 is 5.73 Å². The number of nitrogens with two attached hydrogens (primary N) is 1. The summed E-state index contributed by atoms with van der Waals surface area (Å²) in [5.74, 6) is 0.589. The Kier molecular flexibility index (Phi) is 3.03. The molecule has 1 aromatic heterocycles. The topological polar surface area (TPSA) is 52.0 Å². The van der Waals surface area contributed by atoms with Gasteiger partial charge >= 0.3 is 0 Å². The van der Waals surface area contributed by atoms with Crippen molar-refractivity contribution >= 4 is 55.3 Å². The number of anilines is 1. The third kappa shape index (κ3) is 2.12. The van der Waals surface area contributed by atoms with Crippen LogP contribution in [0.3, 0.4) is 0 Å². The molecule has 0 atom stereocenters. The molecule has 3 rings (SSSR count). The van der Waals surface area contributed by atoms with Crippen molar-refractivity contribution in [1.29, 1.82) is 0 Å². The highest BCUT2D eigenvalue weighted by atomic mass is 127. The first-order valence-corrected chi connectivity index (χ1v) is 7.12. The molecule has 90 valence electrons. The minimum absolute atomic E-state index is 0.587. The van der Waals surface area contributed by atoms with Gasteiger partial charge in [0.25, 0.3) is 0 Å². The van der Waals surface area contributed by atoms with Gasteiger partial charge in [0.05, 0.1) is 5.69 Å². The van der Waals surface area contributed by atoms with Crippen LogP contribution in [0.15, 0.2) is 45.3 Å². The quantitative estimate of drug-likeness (QED) is 0.473. The van der Waals surface area contributed by atoms with Crippen molar-refractivity contribution in [3.05, 3.63) is 44.4 Å². The first-order chi connectivity index (χ1) is 8.63. The summed E-state index contributed by atoms with van der Waals surface area (Å²) in [6.07, 6.45) is 0. The first kappa shape index (κ1) is 12.0. The van der Waals surface area contributed by atoms with Crippen LogP contribution >= 0.6 is 38.5 Å². The summed E-state index contributed by atoms with van der Waals surface area (Å²) in [5, 5.41) is 0. The predicted molar refractivity (Wildman–Crippen MR) is 84.3 cm³/mol. The van der Waals surface area contributed by atoms with E-state index in [0.717, 1.165) is 15.6 Å². The Balaban J connectivity index is 2.19. The van der Waals surface area contributed by atoms with Gasteiger partial charge in [-0.25, -0.2) is 4.98 Å². The van der Waals surface area contributed by atoms with E-state index in [-0.39, 0.29) is 0 Å². The fourth-order valence-corrected chi connectivity index (χ4v) is 2.56. The lowest BCUT2D eigenvalue weighted by molar-refractivity contribution is 0.621. The van der Waals surface area contributed by atoms with Gasteiger partial charge in [-0.15, -0.1) is 0 Å². The zero-order chi connectivity index (χ0) is 12.7. The van der Waals surface area contributed by atoms with E-state index in [2.05, 4.69) is 43.5 Å². The maximum atomic E-state index is 5.91. The summed E-state index contributed by atoms with van der Waals surface area (Å²) in [6.45, 7) is 0. The van der Waals surface area contributed by atoms with Gasteiger partial charge in [-0.1, -0.05) is 15.9 Å². The molecule has 0 bridgehead atoms. The average Bonchev–Trinajstić information content (AvgIpc) is 2.74. The molecule has 0 unspecified atom stereocenters. The molecular weight excluding hydrogens is 407 g/mol. The number of rotatable bonds is 1. The Morgan fingerprint density at radius 2 is 1.89 bits per heavy atom. The number of oxazole rings is 1. The van der Waals surface area contributed by atoms with Crippen LogP contribution in [0.1, 0.15) is 0 Å². The van der Waals surface area contributed by atoms with Crippen molar-refractivity contribution in [2.24, 2.45) is 0 Å². The summed E-state index contributed by atoms with van der Waals surface area (Å²) in [7, 11) is 0. The van der Waals surface area contributed by atoms with Crippen molar-refractivity contribution in [2.45, 2.75) is 0 Å². The largest absolute Gasteiger partial charge is 0.434 e. The lowest BCUT2D eigenvalue weighted by Crippen LogP contribution is -1.84. The molecule has 0 aliphatic heterocycles. The fourth-order valence-electron chi connectivity index (χ4n) is 1.74. The number of halogens is 2. The number of fused-ring (bicyclic) bond motifs is 1. The zero-order valence-corrected chi connectivity index (χ0v) is 12.9. The van der Waals surface area contributed by atoms with E-state index in [4.69, 9.17) is 10.2 Å². The third-order valence-corrected chi connectivity index (χ3v) is 3.75. The van der Waals surface area contributed by atoms with E-state index < -0.39 is 0 Å². The molecule has 0 amide bonds. The van der Waals surface area contributed by atoms with Gasteiger partial charge in [0.1, 0.15) is 5.52 Å². The predicted octanol–water partition coefficient (Wildman–Crippen LogP) is 4.44. The Labute approximate surface area is 126 Å². The van der Waals surface area contributed by atoms with E-state index in [9.17, 15) is 0 Å². The molecule has 3 aromatic rings. The number of nitrogen functional groups attached to an aromatic ring is 1. The fraction of sp³-hybridized carbons (Fsp3) is 0. The molecule has 0 spiro atoms. The maximum absolute atomic E-state index is 5.91. The van der Waals surface area contributed by atoms with Crippen molar-refractivity contribution < 1.29 is 4.42 Å². The molecule has 0 saturated carbocycles. The smallest absolute Gasteiger partial charge is 0.227 e. The molecule has 3 nitrogen and oxygen atoms in total. The van der Waals surface area contributed by atoms with Gasteiger partial charge < -0.3 is 10.2 Å². The van der Waals surface area contributed by atoms with Crippen molar-refractivity contribution in [3.8, 4) is 11.5 Å². The monoisotopic (exact) mass is 414 g/mol.